The van der Waals surface area contributed by atoms with Crippen LogP contribution in [-0.2, 0) is 6.54 Å². The van der Waals surface area contributed by atoms with Gasteiger partial charge in [0.1, 0.15) is 5.82 Å². The molecule has 2 atom stereocenters. The van der Waals surface area contributed by atoms with Gasteiger partial charge in [0.25, 0.3) is 0 Å². The fourth-order valence-electron chi connectivity index (χ4n) is 2.94. The van der Waals surface area contributed by atoms with E-state index in [2.05, 4.69) is 23.9 Å². The number of nitrogens with zero attached hydrogens (tertiary/aromatic N) is 2. The Morgan fingerprint density at radius 1 is 1.35 bits per heavy atom. The lowest BCUT2D eigenvalue weighted by Gasteiger charge is -2.39. The minimum atomic E-state index is -0.360. The van der Waals surface area contributed by atoms with Crippen molar-refractivity contribution >= 4 is 5.84 Å². The number of amidine groups is 1. The van der Waals surface area contributed by atoms with Crippen LogP contribution in [0.5, 0.6) is 0 Å². The molecule has 3 N–H and O–H groups in total. The molecule has 1 fully saturated rings. The van der Waals surface area contributed by atoms with Gasteiger partial charge in [-0.05, 0) is 50.5 Å². The Labute approximate surface area is 119 Å². The van der Waals surface area contributed by atoms with E-state index in [1.165, 1.54) is 31.4 Å². The molecule has 0 radical (unpaired) electrons. The van der Waals surface area contributed by atoms with Crippen molar-refractivity contribution in [3.8, 4) is 0 Å². The third-order valence-electron chi connectivity index (χ3n) is 4.10. The molecule has 0 amide bonds. The van der Waals surface area contributed by atoms with Crippen LogP contribution >= 0.6 is 0 Å². The summed E-state index contributed by atoms with van der Waals surface area (Å²) in [5.41, 5.74) is 6.81. The Morgan fingerprint density at radius 2 is 2.00 bits per heavy atom. The molecule has 2 rings (SSSR count). The van der Waals surface area contributed by atoms with Crippen molar-refractivity contribution in [3.05, 3.63) is 35.1 Å². The molecule has 110 valence electrons. The van der Waals surface area contributed by atoms with Crippen LogP contribution < -0.4 is 5.73 Å². The van der Waals surface area contributed by atoms with Crippen molar-refractivity contribution in [2.24, 2.45) is 10.9 Å². The van der Waals surface area contributed by atoms with Gasteiger partial charge in [-0.1, -0.05) is 11.6 Å². The van der Waals surface area contributed by atoms with E-state index in [-0.39, 0.29) is 11.7 Å². The monoisotopic (exact) mass is 279 g/mol. The molecular formula is C15H22FN3O. The maximum atomic E-state index is 13.7. The average Bonchev–Trinajstić information content (AvgIpc) is 2.41. The van der Waals surface area contributed by atoms with Crippen LogP contribution in [0.25, 0.3) is 0 Å². The van der Waals surface area contributed by atoms with Gasteiger partial charge in [-0.15, -0.1) is 0 Å². The van der Waals surface area contributed by atoms with Gasteiger partial charge in [-0.2, -0.15) is 0 Å². The summed E-state index contributed by atoms with van der Waals surface area (Å²) in [6.07, 6.45) is 3.59. The van der Waals surface area contributed by atoms with Gasteiger partial charge in [0.05, 0.1) is 0 Å². The fraction of sp³-hybridized carbons (Fsp3) is 0.533. The standard InChI is InChI=1S/C15H22FN3O/c1-10-4-3-5-11(2)19(10)9-12-6-13(15(17)18-20)8-14(16)7-12/h6-8,10-11,20H,3-5,9H2,1-2H3,(H2,17,18). The Kier molecular flexibility index (Phi) is 4.60. The van der Waals surface area contributed by atoms with Gasteiger partial charge in [0, 0.05) is 24.2 Å². The van der Waals surface area contributed by atoms with Crippen LogP contribution in [0.2, 0.25) is 0 Å². The molecule has 0 aromatic heterocycles. The van der Waals surface area contributed by atoms with Crippen molar-refractivity contribution in [2.45, 2.75) is 51.7 Å². The second-order valence-electron chi connectivity index (χ2n) is 5.63. The highest BCUT2D eigenvalue weighted by Gasteiger charge is 2.24. The first-order valence-electron chi connectivity index (χ1n) is 7.04. The van der Waals surface area contributed by atoms with Crippen LogP contribution in [-0.4, -0.2) is 28.0 Å². The Morgan fingerprint density at radius 3 is 2.60 bits per heavy atom. The summed E-state index contributed by atoms with van der Waals surface area (Å²) >= 11 is 0. The molecule has 5 heteroatoms. The molecule has 1 aliphatic heterocycles. The van der Waals surface area contributed by atoms with E-state index in [4.69, 9.17) is 10.9 Å². The van der Waals surface area contributed by atoms with E-state index in [9.17, 15) is 4.39 Å². The predicted molar refractivity (Wildman–Crippen MR) is 77.2 cm³/mol. The van der Waals surface area contributed by atoms with Crippen LogP contribution in [0.15, 0.2) is 23.4 Å². The lowest BCUT2D eigenvalue weighted by Crippen LogP contribution is -2.43. The van der Waals surface area contributed by atoms with Crippen molar-refractivity contribution in [1.82, 2.24) is 4.90 Å². The maximum absolute atomic E-state index is 13.7. The number of hydrogen-bond acceptors (Lipinski definition) is 3. The molecule has 1 aliphatic rings. The maximum Gasteiger partial charge on any atom is 0.170 e. The Bertz CT molecular complexity index is 494. The highest BCUT2D eigenvalue weighted by molar-refractivity contribution is 5.97. The number of piperidine rings is 1. The van der Waals surface area contributed by atoms with Gasteiger partial charge in [-0.3, -0.25) is 4.90 Å². The van der Waals surface area contributed by atoms with E-state index in [1.54, 1.807) is 6.07 Å². The number of oxime groups is 1. The van der Waals surface area contributed by atoms with E-state index in [0.717, 1.165) is 5.56 Å². The van der Waals surface area contributed by atoms with Crippen LogP contribution in [0.4, 0.5) is 4.39 Å². The van der Waals surface area contributed by atoms with E-state index in [1.807, 2.05) is 0 Å². The molecular weight excluding hydrogens is 257 g/mol. The first kappa shape index (κ1) is 14.8. The second kappa shape index (κ2) is 6.22. The molecule has 2 unspecified atom stereocenters. The number of halogens is 1. The average molecular weight is 279 g/mol. The first-order valence-corrected chi connectivity index (χ1v) is 7.04. The van der Waals surface area contributed by atoms with Crippen molar-refractivity contribution in [2.75, 3.05) is 0 Å². The second-order valence-corrected chi connectivity index (χ2v) is 5.63. The summed E-state index contributed by atoms with van der Waals surface area (Å²) in [5, 5.41) is 11.6. The fourth-order valence-corrected chi connectivity index (χ4v) is 2.94. The lowest BCUT2D eigenvalue weighted by atomic mass is 9.96. The topological polar surface area (TPSA) is 61.8 Å². The highest BCUT2D eigenvalue weighted by atomic mass is 19.1. The molecule has 0 saturated carbocycles. The third kappa shape index (κ3) is 3.28. The molecule has 0 bridgehead atoms. The minimum Gasteiger partial charge on any atom is -0.409 e. The van der Waals surface area contributed by atoms with Gasteiger partial charge in [-0.25, -0.2) is 4.39 Å². The third-order valence-corrected chi connectivity index (χ3v) is 4.10. The molecule has 1 saturated heterocycles. The van der Waals surface area contributed by atoms with Gasteiger partial charge in [0.2, 0.25) is 0 Å². The van der Waals surface area contributed by atoms with E-state index in [0.29, 0.717) is 24.2 Å². The molecule has 1 heterocycles. The van der Waals surface area contributed by atoms with Crippen molar-refractivity contribution in [3.63, 3.8) is 0 Å². The lowest BCUT2D eigenvalue weighted by molar-refractivity contribution is 0.0952. The molecule has 1 aromatic rings. The summed E-state index contributed by atoms with van der Waals surface area (Å²) in [6.45, 7) is 5.10. The van der Waals surface area contributed by atoms with Crippen LogP contribution in [0.3, 0.4) is 0 Å². The Balaban J connectivity index is 2.22. The summed E-state index contributed by atoms with van der Waals surface area (Å²) in [4.78, 5) is 2.38. The summed E-state index contributed by atoms with van der Waals surface area (Å²) in [5.74, 6) is -0.424. The summed E-state index contributed by atoms with van der Waals surface area (Å²) < 4.78 is 13.7. The van der Waals surface area contributed by atoms with Gasteiger partial charge >= 0.3 is 0 Å². The zero-order chi connectivity index (χ0) is 14.7. The number of nitrogens with two attached hydrogens (primary N) is 1. The quantitative estimate of drug-likeness (QED) is 0.387. The summed E-state index contributed by atoms with van der Waals surface area (Å²) in [7, 11) is 0. The highest BCUT2D eigenvalue weighted by Crippen LogP contribution is 2.25. The van der Waals surface area contributed by atoms with Crippen molar-refractivity contribution < 1.29 is 9.60 Å². The summed E-state index contributed by atoms with van der Waals surface area (Å²) in [6, 6.07) is 5.57. The first-order chi connectivity index (χ1) is 9.51. The van der Waals surface area contributed by atoms with Crippen LogP contribution in [0, 0.1) is 5.82 Å². The van der Waals surface area contributed by atoms with E-state index < -0.39 is 0 Å². The normalized spacial score (nSPS) is 24.9. The molecule has 0 spiro atoms. The molecule has 20 heavy (non-hydrogen) atoms. The number of likely N-dealkylation sites (tertiary alicyclic amines) is 1. The molecule has 0 aliphatic carbocycles. The van der Waals surface area contributed by atoms with Gasteiger partial charge < -0.3 is 10.9 Å². The molecule has 1 aromatic carbocycles. The minimum absolute atomic E-state index is 0.0644. The Hall–Kier alpha value is -1.62. The number of hydrogen-bond donors (Lipinski definition) is 2. The zero-order valence-electron chi connectivity index (χ0n) is 12.0. The SMILES string of the molecule is CC1CCCC(C)N1Cc1cc(F)cc(/C(N)=N/O)c1. The van der Waals surface area contributed by atoms with Gasteiger partial charge in [0.15, 0.2) is 5.84 Å². The van der Waals surface area contributed by atoms with Crippen LogP contribution in [0.1, 0.15) is 44.2 Å². The molecule has 4 nitrogen and oxygen atoms in total. The zero-order valence-corrected chi connectivity index (χ0v) is 12.0. The van der Waals surface area contributed by atoms with E-state index >= 15 is 0 Å². The number of rotatable bonds is 3. The van der Waals surface area contributed by atoms with Crippen molar-refractivity contribution in [1.29, 1.82) is 0 Å². The largest absolute Gasteiger partial charge is 0.409 e. The number of benzene rings is 1. The smallest absolute Gasteiger partial charge is 0.170 e. The predicted octanol–water partition coefficient (Wildman–Crippen LogP) is 2.68.